The summed E-state index contributed by atoms with van der Waals surface area (Å²) in [4.78, 5) is 30.3. The second kappa shape index (κ2) is 10.6. The lowest BCUT2D eigenvalue weighted by atomic mass is 9.73. The number of rotatable bonds is 1. The zero-order valence-electron chi connectivity index (χ0n) is 19.4. The van der Waals surface area contributed by atoms with Gasteiger partial charge in [0.05, 0.1) is 22.5 Å². The van der Waals surface area contributed by atoms with Gasteiger partial charge >= 0.3 is 0 Å². The summed E-state index contributed by atoms with van der Waals surface area (Å²) in [5.41, 5.74) is 1.37. The highest BCUT2D eigenvalue weighted by atomic mass is 35.5. The number of aryl methyl sites for hydroxylation is 1. The van der Waals surface area contributed by atoms with Gasteiger partial charge in [-0.05, 0) is 55.9 Å². The van der Waals surface area contributed by atoms with Crippen LogP contribution in [0.15, 0.2) is 48.5 Å². The van der Waals surface area contributed by atoms with E-state index in [-0.39, 0.29) is 11.8 Å². The minimum absolute atomic E-state index is 0.0490. The third-order valence-electron chi connectivity index (χ3n) is 7.17. The summed E-state index contributed by atoms with van der Waals surface area (Å²) in [6.07, 6.45) is 6.41. The Hall–Kier alpha value is -2.53. The van der Waals surface area contributed by atoms with Gasteiger partial charge in [0.2, 0.25) is 5.91 Å². The Morgan fingerprint density at radius 2 is 1.67 bits per heavy atom. The fourth-order valence-electron chi connectivity index (χ4n) is 5.12. The minimum Gasteiger partial charge on any atom is -0.491 e. The fourth-order valence-corrected chi connectivity index (χ4v) is 5.34. The molecule has 2 aliphatic heterocycles. The van der Waals surface area contributed by atoms with Gasteiger partial charge in [-0.2, -0.15) is 0 Å². The zero-order chi connectivity index (χ0) is 23.3. The van der Waals surface area contributed by atoms with Gasteiger partial charge in [-0.25, -0.2) is 0 Å². The van der Waals surface area contributed by atoms with E-state index in [4.69, 9.17) is 16.3 Å². The van der Waals surface area contributed by atoms with E-state index < -0.39 is 5.41 Å². The third-order valence-corrected chi connectivity index (χ3v) is 7.50. The number of carbonyl (C=O) groups is 2. The molecule has 0 aliphatic carbocycles. The Morgan fingerprint density at radius 3 is 2.45 bits per heavy atom. The summed E-state index contributed by atoms with van der Waals surface area (Å²) in [7, 11) is 1.88. The number of benzene rings is 2. The summed E-state index contributed by atoms with van der Waals surface area (Å²) in [5, 5.41) is 0.474. The number of halogens is 1. The lowest BCUT2D eigenvalue weighted by molar-refractivity contribution is -0.144. The number of hydrogen-bond acceptors (Lipinski definition) is 3. The number of carbonyl (C=O) groups excluding carboxylic acids is 2. The van der Waals surface area contributed by atoms with Crippen LogP contribution in [0, 0.1) is 5.41 Å². The van der Waals surface area contributed by atoms with Gasteiger partial charge < -0.3 is 14.5 Å². The molecule has 0 atom stereocenters. The number of hydrogen-bond donors (Lipinski definition) is 0. The Kier molecular flexibility index (Phi) is 7.59. The molecule has 4 rings (SSSR count). The first-order chi connectivity index (χ1) is 16.0. The van der Waals surface area contributed by atoms with Crippen molar-refractivity contribution in [3.63, 3.8) is 0 Å². The van der Waals surface area contributed by atoms with E-state index in [0.717, 1.165) is 37.9 Å². The molecule has 0 N–H and O–H groups in total. The third kappa shape index (κ3) is 5.35. The summed E-state index contributed by atoms with van der Waals surface area (Å²) < 4.78 is 6.05. The van der Waals surface area contributed by atoms with E-state index >= 15 is 0 Å². The van der Waals surface area contributed by atoms with Crippen molar-refractivity contribution in [3.8, 4) is 5.75 Å². The molecule has 33 heavy (non-hydrogen) atoms. The number of para-hydroxylation sites is 1. The minimum atomic E-state index is -0.410. The van der Waals surface area contributed by atoms with Crippen LogP contribution in [0.5, 0.6) is 5.75 Å². The first-order valence-corrected chi connectivity index (χ1v) is 12.4. The molecule has 2 aliphatic rings. The van der Waals surface area contributed by atoms with Crippen molar-refractivity contribution in [2.45, 2.75) is 44.9 Å². The van der Waals surface area contributed by atoms with E-state index in [1.54, 1.807) is 12.1 Å². The second-order valence-corrected chi connectivity index (χ2v) is 9.70. The van der Waals surface area contributed by atoms with Crippen LogP contribution in [-0.2, 0) is 11.2 Å². The van der Waals surface area contributed by atoms with Gasteiger partial charge in [-0.1, -0.05) is 54.8 Å². The molecular weight excluding hydrogens is 436 g/mol. The van der Waals surface area contributed by atoms with E-state index in [9.17, 15) is 9.59 Å². The molecule has 5 nitrogen and oxygen atoms in total. The molecule has 6 heteroatoms. The molecule has 1 spiro atoms. The maximum Gasteiger partial charge on any atom is 0.255 e. The fraction of sp³-hybridized carbons (Fsp3) is 0.481. The largest absolute Gasteiger partial charge is 0.491 e. The SMILES string of the molecule is CN1CCOc2ccccc2CCCCCC2(CCN(C(=O)c3ccccc3Cl)CC2)C1=O. The molecule has 176 valence electrons. The molecular formula is C27H33ClN2O3. The Labute approximate surface area is 201 Å². The molecule has 2 heterocycles. The highest BCUT2D eigenvalue weighted by Gasteiger charge is 2.43. The lowest BCUT2D eigenvalue weighted by Gasteiger charge is -2.42. The van der Waals surface area contributed by atoms with Gasteiger partial charge in [0.15, 0.2) is 0 Å². The highest BCUT2D eigenvalue weighted by molar-refractivity contribution is 6.33. The number of piperidine rings is 1. The number of likely N-dealkylation sites (N-methyl/N-ethyl adjacent to an activating group) is 1. The number of amides is 2. The number of ether oxygens (including phenoxy) is 1. The lowest BCUT2D eigenvalue weighted by Crippen LogP contribution is -2.51. The average Bonchev–Trinajstić information content (AvgIpc) is 2.84. The van der Waals surface area contributed by atoms with E-state index in [1.807, 2.05) is 41.1 Å². The van der Waals surface area contributed by atoms with Crippen molar-refractivity contribution in [1.29, 1.82) is 0 Å². The molecule has 1 saturated heterocycles. The van der Waals surface area contributed by atoms with E-state index in [1.165, 1.54) is 5.56 Å². The number of nitrogens with zero attached hydrogens (tertiary/aromatic N) is 2. The molecule has 0 unspecified atom stereocenters. The highest BCUT2D eigenvalue weighted by Crippen LogP contribution is 2.39. The van der Waals surface area contributed by atoms with E-state index in [2.05, 4.69) is 12.1 Å². The van der Waals surface area contributed by atoms with Crippen LogP contribution in [0.4, 0.5) is 0 Å². The average molecular weight is 469 g/mol. The van der Waals surface area contributed by atoms with Crippen LogP contribution < -0.4 is 4.74 Å². The predicted molar refractivity (Wildman–Crippen MR) is 131 cm³/mol. The second-order valence-electron chi connectivity index (χ2n) is 9.30. The maximum atomic E-state index is 13.6. The molecule has 2 aromatic carbocycles. The molecule has 0 radical (unpaired) electrons. The predicted octanol–water partition coefficient (Wildman–Crippen LogP) is 5.22. The Morgan fingerprint density at radius 1 is 0.939 bits per heavy atom. The van der Waals surface area contributed by atoms with Crippen molar-refractivity contribution in [3.05, 3.63) is 64.7 Å². The van der Waals surface area contributed by atoms with Crippen LogP contribution in [0.25, 0.3) is 0 Å². The standard InChI is InChI=1S/C27H33ClN2O3/c1-29-19-20-33-24-13-7-4-10-21(24)9-3-2-8-14-27(26(29)32)15-17-30(18-16-27)25(31)22-11-5-6-12-23(22)28/h4-7,10-13H,2-3,8-9,14-20H2,1H3. The first-order valence-electron chi connectivity index (χ1n) is 12.0. The molecule has 0 aromatic heterocycles. The van der Waals surface area contributed by atoms with Gasteiger partial charge in [0.1, 0.15) is 12.4 Å². The zero-order valence-corrected chi connectivity index (χ0v) is 20.2. The van der Waals surface area contributed by atoms with Crippen molar-refractivity contribution in [2.75, 3.05) is 33.3 Å². The molecule has 0 bridgehead atoms. The molecule has 0 saturated carbocycles. The van der Waals surface area contributed by atoms with Crippen molar-refractivity contribution < 1.29 is 14.3 Å². The van der Waals surface area contributed by atoms with Crippen LogP contribution in [0.3, 0.4) is 0 Å². The topological polar surface area (TPSA) is 49.9 Å². The van der Waals surface area contributed by atoms with Crippen LogP contribution in [-0.4, -0.2) is 54.9 Å². The summed E-state index contributed by atoms with van der Waals surface area (Å²) in [6, 6.07) is 15.4. The number of fused-ring (bicyclic) bond motifs is 1. The van der Waals surface area contributed by atoms with Crippen LogP contribution >= 0.6 is 11.6 Å². The number of likely N-dealkylation sites (tertiary alicyclic amines) is 1. The summed E-state index contributed by atoms with van der Waals surface area (Å²) in [5.74, 6) is 1.06. The normalized spacial score (nSPS) is 19.6. The van der Waals surface area contributed by atoms with Gasteiger partial charge in [-0.3, -0.25) is 9.59 Å². The maximum absolute atomic E-state index is 13.6. The Bertz CT molecular complexity index is 985. The van der Waals surface area contributed by atoms with Gasteiger partial charge in [0.25, 0.3) is 5.91 Å². The van der Waals surface area contributed by atoms with Crippen LogP contribution in [0.1, 0.15) is 54.4 Å². The van der Waals surface area contributed by atoms with E-state index in [0.29, 0.717) is 49.7 Å². The van der Waals surface area contributed by atoms with Crippen molar-refractivity contribution in [2.24, 2.45) is 5.41 Å². The van der Waals surface area contributed by atoms with Crippen LogP contribution in [0.2, 0.25) is 5.02 Å². The van der Waals surface area contributed by atoms with Gasteiger partial charge in [-0.15, -0.1) is 0 Å². The van der Waals surface area contributed by atoms with Gasteiger partial charge in [0, 0.05) is 20.1 Å². The summed E-state index contributed by atoms with van der Waals surface area (Å²) in [6.45, 7) is 2.18. The van der Waals surface area contributed by atoms with Crippen molar-refractivity contribution >= 4 is 23.4 Å². The Balaban J connectivity index is 1.45. The quantitative estimate of drug-likeness (QED) is 0.576. The monoisotopic (exact) mass is 468 g/mol. The smallest absolute Gasteiger partial charge is 0.255 e. The van der Waals surface area contributed by atoms with Crippen molar-refractivity contribution in [1.82, 2.24) is 9.80 Å². The molecule has 1 fully saturated rings. The first kappa shape index (κ1) is 23.6. The summed E-state index contributed by atoms with van der Waals surface area (Å²) >= 11 is 6.25. The molecule has 2 aromatic rings. The molecule has 2 amide bonds.